The van der Waals surface area contributed by atoms with E-state index >= 15 is 0 Å². The zero-order valence-electron chi connectivity index (χ0n) is 13.0. The fourth-order valence-electron chi connectivity index (χ4n) is 3.11. The maximum Gasteiger partial charge on any atom is 0.124 e. The van der Waals surface area contributed by atoms with Crippen molar-refractivity contribution in [1.29, 1.82) is 0 Å². The van der Waals surface area contributed by atoms with Gasteiger partial charge in [0.05, 0.1) is 11.9 Å². The molecule has 22 heavy (non-hydrogen) atoms. The van der Waals surface area contributed by atoms with Crippen LogP contribution in [0.1, 0.15) is 17.7 Å². The third-order valence-electron chi connectivity index (χ3n) is 4.07. The molecule has 3 heterocycles. The standard InChI is InChI=1S/C15H22FN5O/c1-19(10-14-3-4-22-18-14)11-15-5-13(16)9-21(15)8-12-6-17-20(2)7-12/h3-4,6-7,13,15H,5,8-11H2,1-2H3/t13-,15-/m0/s1. The van der Waals surface area contributed by atoms with E-state index in [0.717, 1.165) is 24.3 Å². The third kappa shape index (κ3) is 3.72. The van der Waals surface area contributed by atoms with Gasteiger partial charge in [-0.2, -0.15) is 5.10 Å². The Morgan fingerprint density at radius 2 is 2.36 bits per heavy atom. The first kappa shape index (κ1) is 15.2. The lowest BCUT2D eigenvalue weighted by Gasteiger charge is -2.27. The molecule has 0 aliphatic carbocycles. The lowest BCUT2D eigenvalue weighted by molar-refractivity contribution is 0.178. The minimum absolute atomic E-state index is 0.215. The van der Waals surface area contributed by atoms with Crippen molar-refractivity contribution in [2.75, 3.05) is 20.1 Å². The van der Waals surface area contributed by atoms with E-state index in [1.54, 1.807) is 10.9 Å². The summed E-state index contributed by atoms with van der Waals surface area (Å²) >= 11 is 0. The van der Waals surface area contributed by atoms with Gasteiger partial charge in [0, 0.05) is 57.1 Å². The topological polar surface area (TPSA) is 50.3 Å². The molecule has 120 valence electrons. The smallest absolute Gasteiger partial charge is 0.124 e. The van der Waals surface area contributed by atoms with Crippen molar-refractivity contribution in [1.82, 2.24) is 24.7 Å². The summed E-state index contributed by atoms with van der Waals surface area (Å²) < 4.78 is 20.5. The van der Waals surface area contributed by atoms with Gasteiger partial charge in [0.15, 0.2) is 0 Å². The Bertz CT molecular complexity index is 585. The molecule has 0 N–H and O–H groups in total. The Labute approximate surface area is 129 Å². The Balaban J connectivity index is 1.58. The first-order chi connectivity index (χ1) is 10.6. The van der Waals surface area contributed by atoms with Crippen molar-refractivity contribution in [3.05, 3.63) is 36.0 Å². The highest BCUT2D eigenvalue weighted by Gasteiger charge is 2.32. The van der Waals surface area contributed by atoms with Gasteiger partial charge in [-0.1, -0.05) is 5.16 Å². The van der Waals surface area contributed by atoms with Crippen molar-refractivity contribution in [2.24, 2.45) is 7.05 Å². The van der Waals surface area contributed by atoms with E-state index in [2.05, 4.69) is 20.1 Å². The normalized spacial score (nSPS) is 22.7. The van der Waals surface area contributed by atoms with Crippen molar-refractivity contribution in [3.63, 3.8) is 0 Å². The molecular formula is C15H22FN5O. The number of aromatic nitrogens is 3. The largest absolute Gasteiger partial charge is 0.364 e. The van der Waals surface area contributed by atoms with E-state index in [0.29, 0.717) is 19.5 Å². The van der Waals surface area contributed by atoms with Crippen LogP contribution in [0.4, 0.5) is 4.39 Å². The van der Waals surface area contributed by atoms with Gasteiger partial charge in [-0.05, 0) is 13.5 Å². The zero-order valence-corrected chi connectivity index (χ0v) is 13.0. The van der Waals surface area contributed by atoms with Crippen LogP contribution in [0.25, 0.3) is 0 Å². The summed E-state index contributed by atoms with van der Waals surface area (Å²) in [6, 6.07) is 2.07. The summed E-state index contributed by atoms with van der Waals surface area (Å²) in [5, 5.41) is 8.10. The second-order valence-corrected chi connectivity index (χ2v) is 6.13. The minimum atomic E-state index is -0.748. The van der Waals surface area contributed by atoms with Crippen LogP contribution in [0.15, 0.2) is 29.2 Å². The third-order valence-corrected chi connectivity index (χ3v) is 4.07. The number of hydrogen-bond acceptors (Lipinski definition) is 5. The molecule has 0 amide bonds. The van der Waals surface area contributed by atoms with Gasteiger partial charge in [-0.25, -0.2) is 4.39 Å². The molecule has 0 bridgehead atoms. The molecule has 0 unspecified atom stereocenters. The van der Waals surface area contributed by atoms with Crippen molar-refractivity contribution >= 4 is 0 Å². The number of likely N-dealkylation sites (tertiary alicyclic amines) is 1. The van der Waals surface area contributed by atoms with Gasteiger partial charge in [-0.3, -0.25) is 14.5 Å². The van der Waals surface area contributed by atoms with Crippen LogP contribution < -0.4 is 0 Å². The van der Waals surface area contributed by atoms with Crippen molar-refractivity contribution in [3.8, 4) is 0 Å². The molecule has 0 aromatic carbocycles. The molecule has 1 saturated heterocycles. The molecule has 0 saturated carbocycles. The number of likely N-dealkylation sites (N-methyl/N-ethyl adjacent to an activating group) is 1. The molecule has 2 aromatic heterocycles. The number of hydrogen-bond donors (Lipinski definition) is 0. The van der Waals surface area contributed by atoms with Crippen LogP contribution in [0.2, 0.25) is 0 Å². The summed E-state index contributed by atoms with van der Waals surface area (Å²) in [6.45, 7) is 2.77. The van der Waals surface area contributed by atoms with E-state index in [9.17, 15) is 4.39 Å². The molecule has 1 aliphatic heterocycles. The van der Waals surface area contributed by atoms with Gasteiger partial charge in [0.1, 0.15) is 12.4 Å². The van der Waals surface area contributed by atoms with Crippen LogP contribution >= 0.6 is 0 Å². The predicted molar refractivity (Wildman–Crippen MR) is 79.8 cm³/mol. The van der Waals surface area contributed by atoms with E-state index in [4.69, 9.17) is 4.52 Å². The summed E-state index contributed by atoms with van der Waals surface area (Å²) in [5.74, 6) is 0. The fraction of sp³-hybridized carbons (Fsp3) is 0.600. The van der Waals surface area contributed by atoms with E-state index in [-0.39, 0.29) is 6.04 Å². The lowest BCUT2D eigenvalue weighted by atomic mass is 10.2. The average molecular weight is 307 g/mol. The molecule has 1 aliphatic rings. The Kier molecular flexibility index (Phi) is 4.54. The molecule has 0 radical (unpaired) electrons. The van der Waals surface area contributed by atoms with Gasteiger partial charge in [0.2, 0.25) is 0 Å². The summed E-state index contributed by atoms with van der Waals surface area (Å²) in [5.41, 5.74) is 2.02. The number of aryl methyl sites for hydroxylation is 1. The number of alkyl halides is 1. The second-order valence-electron chi connectivity index (χ2n) is 6.13. The Morgan fingerprint density at radius 1 is 1.50 bits per heavy atom. The average Bonchev–Trinajstić information content (AvgIpc) is 3.15. The first-order valence-corrected chi connectivity index (χ1v) is 7.53. The molecule has 1 fully saturated rings. The van der Waals surface area contributed by atoms with Gasteiger partial charge >= 0.3 is 0 Å². The molecular weight excluding hydrogens is 285 g/mol. The predicted octanol–water partition coefficient (Wildman–Crippen LogP) is 1.45. The minimum Gasteiger partial charge on any atom is -0.364 e. The highest BCUT2D eigenvalue weighted by Crippen LogP contribution is 2.23. The molecule has 7 heteroatoms. The second kappa shape index (κ2) is 6.58. The monoisotopic (exact) mass is 307 g/mol. The highest BCUT2D eigenvalue weighted by molar-refractivity contribution is 5.05. The Morgan fingerprint density at radius 3 is 3.05 bits per heavy atom. The summed E-state index contributed by atoms with van der Waals surface area (Å²) in [6.07, 6.45) is 5.25. The van der Waals surface area contributed by atoms with Gasteiger partial charge in [0.25, 0.3) is 0 Å². The van der Waals surface area contributed by atoms with Crippen LogP contribution in [0.3, 0.4) is 0 Å². The Hall–Kier alpha value is -1.73. The maximum atomic E-state index is 13.9. The zero-order chi connectivity index (χ0) is 15.5. The summed E-state index contributed by atoms with van der Waals surface area (Å²) in [7, 11) is 3.93. The number of rotatable bonds is 6. The quantitative estimate of drug-likeness (QED) is 0.808. The van der Waals surface area contributed by atoms with Crippen molar-refractivity contribution in [2.45, 2.75) is 31.7 Å². The summed E-state index contributed by atoms with van der Waals surface area (Å²) in [4.78, 5) is 4.37. The maximum absolute atomic E-state index is 13.9. The number of nitrogens with zero attached hydrogens (tertiary/aromatic N) is 5. The van der Waals surface area contributed by atoms with Crippen LogP contribution in [-0.4, -0.2) is 57.1 Å². The van der Waals surface area contributed by atoms with E-state index in [1.165, 1.54) is 0 Å². The highest BCUT2D eigenvalue weighted by atomic mass is 19.1. The molecule has 2 aromatic rings. The van der Waals surface area contributed by atoms with Gasteiger partial charge in [-0.15, -0.1) is 0 Å². The molecule has 3 rings (SSSR count). The van der Waals surface area contributed by atoms with E-state index < -0.39 is 6.17 Å². The van der Waals surface area contributed by atoms with Crippen LogP contribution in [0.5, 0.6) is 0 Å². The molecule has 6 nitrogen and oxygen atoms in total. The molecule has 0 spiro atoms. The SMILES string of the molecule is CN(Cc1ccon1)C[C@@H]1C[C@H](F)CN1Cc1cnn(C)c1. The van der Waals surface area contributed by atoms with Crippen LogP contribution in [-0.2, 0) is 20.1 Å². The van der Waals surface area contributed by atoms with E-state index in [1.807, 2.05) is 32.6 Å². The van der Waals surface area contributed by atoms with Crippen LogP contribution in [0, 0.1) is 0 Å². The molecule has 2 atom stereocenters. The lowest BCUT2D eigenvalue weighted by Crippen LogP contribution is -2.38. The van der Waals surface area contributed by atoms with Gasteiger partial charge < -0.3 is 4.52 Å². The fourth-order valence-corrected chi connectivity index (χ4v) is 3.11. The first-order valence-electron chi connectivity index (χ1n) is 7.53. The number of halogens is 1. The van der Waals surface area contributed by atoms with Crippen molar-refractivity contribution < 1.29 is 8.91 Å².